The maximum atomic E-state index is 12.0. The molecule has 1 aliphatic heterocycles. The van der Waals surface area contributed by atoms with Gasteiger partial charge in [-0.2, -0.15) is 0 Å². The summed E-state index contributed by atoms with van der Waals surface area (Å²) in [6, 6.07) is 3.94. The summed E-state index contributed by atoms with van der Waals surface area (Å²) < 4.78 is 4.90. The van der Waals surface area contributed by atoms with E-state index in [9.17, 15) is 9.59 Å². The molecule has 0 saturated carbocycles. The van der Waals surface area contributed by atoms with Gasteiger partial charge in [-0.15, -0.1) is 16.4 Å². The highest BCUT2D eigenvalue weighted by Gasteiger charge is 2.27. The van der Waals surface area contributed by atoms with E-state index in [2.05, 4.69) is 15.2 Å². The topological polar surface area (TPSA) is 88.2 Å². The Hall–Kier alpha value is -1.78. The molecule has 0 spiro atoms. The molecule has 10 heteroatoms. The lowest BCUT2D eigenvalue weighted by molar-refractivity contribution is -0.137. The fourth-order valence-electron chi connectivity index (χ4n) is 2.12. The highest BCUT2D eigenvalue weighted by Crippen LogP contribution is 2.29. The van der Waals surface area contributed by atoms with Crippen molar-refractivity contribution in [3.8, 4) is 10.7 Å². The summed E-state index contributed by atoms with van der Waals surface area (Å²) >= 11 is 4.41. The molecule has 1 amide bonds. The molecule has 3 rings (SSSR count). The van der Waals surface area contributed by atoms with Crippen LogP contribution in [0.1, 0.15) is 6.92 Å². The number of amides is 1. The van der Waals surface area contributed by atoms with Gasteiger partial charge in [0.15, 0.2) is 5.82 Å². The van der Waals surface area contributed by atoms with Crippen LogP contribution < -0.4 is 0 Å². The van der Waals surface area contributed by atoms with E-state index in [1.54, 1.807) is 23.2 Å². The molecule has 0 atom stereocenters. The largest absolute Gasteiger partial charge is 0.463 e. The molecule has 1 fully saturated rings. The third-order valence-electron chi connectivity index (χ3n) is 3.20. The van der Waals surface area contributed by atoms with E-state index in [1.165, 1.54) is 29.6 Å². The normalized spacial score (nSPS) is 16.0. The zero-order valence-corrected chi connectivity index (χ0v) is 15.9. The highest BCUT2D eigenvalue weighted by atomic mass is 32.2. The maximum absolute atomic E-state index is 12.0. The minimum atomic E-state index is -0.424. The number of carbonyl (C=O) groups excluding carboxylic acids is 2. The Morgan fingerprint density at radius 2 is 2.44 bits per heavy atom. The number of H-pyrrole nitrogens is 1. The number of aromatic amines is 1. The van der Waals surface area contributed by atoms with Crippen molar-refractivity contribution in [1.29, 1.82) is 0 Å². The number of esters is 1. The predicted molar refractivity (Wildman–Crippen MR) is 99.3 cm³/mol. The molecule has 1 N–H and O–H groups in total. The summed E-state index contributed by atoms with van der Waals surface area (Å²) in [6.07, 6.45) is 1.38. The van der Waals surface area contributed by atoms with Gasteiger partial charge in [0.2, 0.25) is 11.1 Å². The second kappa shape index (κ2) is 8.54. The molecule has 7 nitrogen and oxygen atoms in total. The SMILES string of the molecule is CCOC(=O)/C=C1\SCC(=O)N1CCSc1n[nH]c(-c2cccs2)n1. The van der Waals surface area contributed by atoms with Gasteiger partial charge in [0, 0.05) is 12.3 Å². The van der Waals surface area contributed by atoms with Gasteiger partial charge in [0.1, 0.15) is 0 Å². The third kappa shape index (κ3) is 4.65. The molecular formula is C15H16N4O3S3. The number of carbonyl (C=O) groups is 2. The van der Waals surface area contributed by atoms with E-state index in [-0.39, 0.29) is 5.91 Å². The molecule has 2 aromatic rings. The van der Waals surface area contributed by atoms with Crippen molar-refractivity contribution in [2.24, 2.45) is 0 Å². The van der Waals surface area contributed by atoms with Crippen molar-refractivity contribution in [3.63, 3.8) is 0 Å². The van der Waals surface area contributed by atoms with Crippen LogP contribution in [0.2, 0.25) is 0 Å². The van der Waals surface area contributed by atoms with Crippen LogP contribution in [-0.2, 0) is 14.3 Å². The van der Waals surface area contributed by atoms with Crippen LogP contribution in [0.15, 0.2) is 33.8 Å². The van der Waals surface area contributed by atoms with Crippen molar-refractivity contribution in [1.82, 2.24) is 20.1 Å². The van der Waals surface area contributed by atoms with Crippen LogP contribution in [0, 0.1) is 0 Å². The predicted octanol–water partition coefficient (Wildman–Crippen LogP) is 2.61. The van der Waals surface area contributed by atoms with Crippen molar-refractivity contribution in [3.05, 3.63) is 28.6 Å². The van der Waals surface area contributed by atoms with E-state index in [4.69, 9.17) is 4.74 Å². The van der Waals surface area contributed by atoms with Crippen LogP contribution >= 0.6 is 34.9 Å². The van der Waals surface area contributed by atoms with Crippen LogP contribution in [0.25, 0.3) is 10.7 Å². The number of aromatic nitrogens is 3. The first-order chi connectivity index (χ1) is 12.2. The Kier molecular flexibility index (Phi) is 6.16. The van der Waals surface area contributed by atoms with Gasteiger partial charge in [0.25, 0.3) is 0 Å². The van der Waals surface area contributed by atoms with Gasteiger partial charge < -0.3 is 9.64 Å². The molecule has 3 heterocycles. The number of rotatable bonds is 7. The zero-order valence-electron chi connectivity index (χ0n) is 13.4. The maximum Gasteiger partial charge on any atom is 0.333 e. The molecule has 1 saturated heterocycles. The number of thiophene rings is 1. The summed E-state index contributed by atoms with van der Waals surface area (Å²) in [5.41, 5.74) is 0. The Morgan fingerprint density at radius 1 is 1.56 bits per heavy atom. The molecule has 25 heavy (non-hydrogen) atoms. The minimum absolute atomic E-state index is 0.00425. The summed E-state index contributed by atoms with van der Waals surface area (Å²) in [4.78, 5) is 30.7. The zero-order chi connectivity index (χ0) is 17.6. The van der Waals surface area contributed by atoms with Crippen molar-refractivity contribution >= 4 is 46.7 Å². The lowest BCUT2D eigenvalue weighted by Crippen LogP contribution is -2.27. The summed E-state index contributed by atoms with van der Waals surface area (Å²) in [5, 5.41) is 10.4. The number of ether oxygens (including phenoxy) is 1. The van der Waals surface area contributed by atoms with Gasteiger partial charge >= 0.3 is 5.97 Å². The van der Waals surface area contributed by atoms with Gasteiger partial charge in [-0.1, -0.05) is 29.6 Å². The Bertz CT molecular complexity index is 773. The Morgan fingerprint density at radius 3 is 3.20 bits per heavy atom. The number of nitrogens with one attached hydrogen (secondary N) is 1. The van der Waals surface area contributed by atoms with Gasteiger partial charge in [-0.25, -0.2) is 9.78 Å². The average Bonchev–Trinajstić information content (AvgIpc) is 3.31. The van der Waals surface area contributed by atoms with Crippen LogP contribution in [-0.4, -0.2) is 56.6 Å². The number of hydrogen-bond donors (Lipinski definition) is 1. The van der Waals surface area contributed by atoms with E-state index in [0.717, 1.165) is 10.7 Å². The Balaban J connectivity index is 1.55. The lowest BCUT2D eigenvalue weighted by Gasteiger charge is -2.15. The first-order valence-corrected chi connectivity index (χ1v) is 10.4. The molecule has 2 aromatic heterocycles. The van der Waals surface area contributed by atoms with E-state index < -0.39 is 5.97 Å². The van der Waals surface area contributed by atoms with Gasteiger partial charge in [-0.05, 0) is 18.4 Å². The third-order valence-corrected chi connectivity index (χ3v) is 5.93. The van der Waals surface area contributed by atoms with E-state index in [1.807, 2.05) is 17.5 Å². The van der Waals surface area contributed by atoms with Crippen LogP contribution in [0.4, 0.5) is 0 Å². The van der Waals surface area contributed by atoms with Gasteiger partial charge in [0.05, 0.1) is 28.3 Å². The number of hydrogen-bond acceptors (Lipinski definition) is 8. The second-order valence-electron chi connectivity index (χ2n) is 4.86. The molecule has 0 unspecified atom stereocenters. The lowest BCUT2D eigenvalue weighted by atomic mass is 10.4. The van der Waals surface area contributed by atoms with Gasteiger partial charge in [-0.3, -0.25) is 9.89 Å². The molecule has 1 aliphatic rings. The quantitative estimate of drug-likeness (QED) is 0.437. The first-order valence-electron chi connectivity index (χ1n) is 7.58. The highest BCUT2D eigenvalue weighted by molar-refractivity contribution is 8.04. The molecule has 132 valence electrons. The van der Waals surface area contributed by atoms with Crippen molar-refractivity contribution in [2.75, 3.05) is 24.7 Å². The number of nitrogens with zero attached hydrogens (tertiary/aromatic N) is 3. The van der Waals surface area contributed by atoms with E-state index in [0.29, 0.717) is 34.8 Å². The Labute approximate surface area is 157 Å². The summed E-state index contributed by atoms with van der Waals surface area (Å²) in [6.45, 7) is 2.55. The van der Waals surface area contributed by atoms with Crippen molar-refractivity contribution in [2.45, 2.75) is 12.1 Å². The first kappa shape index (κ1) is 18.0. The monoisotopic (exact) mass is 396 g/mol. The fraction of sp³-hybridized carbons (Fsp3) is 0.333. The standard InChI is InChI=1S/C15H16N4O3S3/c1-2-22-13(21)8-12-19(11(20)9-25-12)5-7-24-15-16-14(17-18-15)10-4-3-6-23-10/h3-4,6,8H,2,5,7,9H2,1H3,(H,16,17,18)/b12-8-. The molecule has 0 bridgehead atoms. The fourth-order valence-corrected chi connectivity index (χ4v) is 4.46. The number of thioether (sulfide) groups is 2. The molecular weight excluding hydrogens is 380 g/mol. The second-order valence-corrected chi connectivity index (χ2v) is 7.87. The summed E-state index contributed by atoms with van der Waals surface area (Å²) in [5.74, 6) is 1.29. The van der Waals surface area contributed by atoms with Crippen LogP contribution in [0.5, 0.6) is 0 Å². The molecule has 0 radical (unpaired) electrons. The van der Waals surface area contributed by atoms with Crippen molar-refractivity contribution < 1.29 is 14.3 Å². The van der Waals surface area contributed by atoms with Crippen LogP contribution in [0.3, 0.4) is 0 Å². The summed E-state index contributed by atoms with van der Waals surface area (Å²) in [7, 11) is 0. The smallest absolute Gasteiger partial charge is 0.333 e. The molecule has 0 aromatic carbocycles. The average molecular weight is 397 g/mol. The minimum Gasteiger partial charge on any atom is -0.463 e. The molecule has 0 aliphatic carbocycles. The van der Waals surface area contributed by atoms with E-state index >= 15 is 0 Å².